The Morgan fingerprint density at radius 3 is 1.66 bits per heavy atom. The first-order chi connectivity index (χ1) is 15.3. The van der Waals surface area contributed by atoms with Gasteiger partial charge in [-0.3, -0.25) is 0 Å². The van der Waals surface area contributed by atoms with Crippen molar-refractivity contribution in [1.29, 1.82) is 0 Å². The minimum Gasteiger partial charge on any atom is -0.496 e. The van der Waals surface area contributed by atoms with Crippen LogP contribution in [-0.2, 0) is 10.8 Å². The van der Waals surface area contributed by atoms with Crippen LogP contribution in [0.3, 0.4) is 0 Å². The Morgan fingerprint density at radius 1 is 0.500 bits per heavy atom. The zero-order chi connectivity index (χ0) is 22.3. The van der Waals surface area contributed by atoms with E-state index in [0.717, 1.165) is 5.75 Å². The Balaban J connectivity index is 1.56. The van der Waals surface area contributed by atoms with Crippen molar-refractivity contribution in [3.63, 3.8) is 0 Å². The molecule has 0 fully saturated rings. The molecule has 0 bridgehead atoms. The minimum atomic E-state index is -0.0286. The highest BCUT2D eigenvalue weighted by atomic mass is 16.5. The molecule has 0 aromatic heterocycles. The second-order valence-electron chi connectivity index (χ2n) is 10.2. The van der Waals surface area contributed by atoms with Gasteiger partial charge in [0.05, 0.1) is 7.11 Å². The van der Waals surface area contributed by atoms with Crippen molar-refractivity contribution in [2.24, 2.45) is 0 Å². The maximum Gasteiger partial charge on any atom is 0.127 e. The van der Waals surface area contributed by atoms with Crippen LogP contribution in [0.5, 0.6) is 5.75 Å². The van der Waals surface area contributed by atoms with Gasteiger partial charge in [0.15, 0.2) is 0 Å². The summed E-state index contributed by atoms with van der Waals surface area (Å²) < 4.78 is 5.94. The lowest BCUT2D eigenvalue weighted by Crippen LogP contribution is -2.15. The molecule has 32 heavy (non-hydrogen) atoms. The normalized spacial score (nSPS) is 16.2. The summed E-state index contributed by atoms with van der Waals surface area (Å²) in [5, 5.41) is 0. The van der Waals surface area contributed by atoms with Crippen LogP contribution in [0.25, 0.3) is 33.4 Å². The summed E-state index contributed by atoms with van der Waals surface area (Å²) in [6.07, 6.45) is 0. The van der Waals surface area contributed by atoms with E-state index in [4.69, 9.17) is 4.74 Å². The standard InChI is InChI=1S/C31H28O/c1-30(2)25-12-8-6-10-20(25)22-15-14-19(16-27(22)30)23-17-28-24(18-29(23)32-5)21-11-7-9-13-26(21)31(28,3)4/h6-18H,1-5H3. The van der Waals surface area contributed by atoms with Gasteiger partial charge in [0.25, 0.3) is 0 Å². The molecular formula is C31H28O. The smallest absolute Gasteiger partial charge is 0.127 e. The predicted octanol–water partition coefficient (Wildman–Crippen LogP) is 7.97. The van der Waals surface area contributed by atoms with Crippen molar-refractivity contribution in [3.05, 3.63) is 101 Å². The average Bonchev–Trinajstić information content (AvgIpc) is 3.18. The van der Waals surface area contributed by atoms with Crippen LogP contribution < -0.4 is 4.74 Å². The molecule has 0 unspecified atom stereocenters. The lowest BCUT2D eigenvalue weighted by Gasteiger charge is -2.24. The van der Waals surface area contributed by atoms with E-state index in [1.54, 1.807) is 7.11 Å². The van der Waals surface area contributed by atoms with Gasteiger partial charge in [0, 0.05) is 16.4 Å². The number of methoxy groups -OCH3 is 1. The molecule has 1 heteroatoms. The van der Waals surface area contributed by atoms with E-state index in [-0.39, 0.29) is 10.8 Å². The summed E-state index contributed by atoms with van der Waals surface area (Å²) in [6.45, 7) is 9.33. The highest BCUT2D eigenvalue weighted by molar-refractivity contribution is 5.88. The van der Waals surface area contributed by atoms with Crippen LogP contribution in [0, 0.1) is 0 Å². The summed E-state index contributed by atoms with van der Waals surface area (Å²) in [6, 6.07) is 29.1. The zero-order valence-corrected chi connectivity index (χ0v) is 19.4. The summed E-state index contributed by atoms with van der Waals surface area (Å²) in [5.74, 6) is 0.935. The lowest BCUT2D eigenvalue weighted by atomic mass is 9.80. The zero-order valence-electron chi connectivity index (χ0n) is 19.4. The van der Waals surface area contributed by atoms with Crippen LogP contribution in [0.15, 0.2) is 78.9 Å². The predicted molar refractivity (Wildman–Crippen MR) is 134 cm³/mol. The van der Waals surface area contributed by atoms with Crippen molar-refractivity contribution in [2.75, 3.05) is 7.11 Å². The average molecular weight is 417 g/mol. The molecule has 4 aromatic rings. The number of ether oxygens (including phenoxy) is 1. The Kier molecular flexibility index (Phi) is 3.85. The Bertz CT molecular complexity index is 1400. The van der Waals surface area contributed by atoms with E-state index in [9.17, 15) is 0 Å². The van der Waals surface area contributed by atoms with Gasteiger partial charge in [-0.2, -0.15) is 0 Å². The third-order valence-electron chi connectivity index (χ3n) is 7.80. The third-order valence-corrected chi connectivity index (χ3v) is 7.80. The minimum absolute atomic E-state index is 0.0125. The molecule has 4 aromatic carbocycles. The van der Waals surface area contributed by atoms with Crippen molar-refractivity contribution >= 4 is 0 Å². The van der Waals surface area contributed by atoms with Gasteiger partial charge in [0.2, 0.25) is 0 Å². The Labute approximate surface area is 190 Å². The molecule has 0 atom stereocenters. The molecule has 0 N–H and O–H groups in total. The molecule has 0 saturated carbocycles. The van der Waals surface area contributed by atoms with Crippen LogP contribution >= 0.6 is 0 Å². The van der Waals surface area contributed by atoms with Gasteiger partial charge in [0.1, 0.15) is 5.75 Å². The fourth-order valence-electron chi connectivity index (χ4n) is 5.99. The highest BCUT2D eigenvalue weighted by Crippen LogP contribution is 2.53. The highest BCUT2D eigenvalue weighted by Gasteiger charge is 2.37. The molecule has 0 spiro atoms. The van der Waals surface area contributed by atoms with Gasteiger partial charge in [-0.1, -0.05) is 88.4 Å². The molecule has 158 valence electrons. The van der Waals surface area contributed by atoms with E-state index >= 15 is 0 Å². The van der Waals surface area contributed by atoms with E-state index in [1.165, 1.54) is 55.6 Å². The maximum absolute atomic E-state index is 5.94. The third kappa shape index (κ3) is 2.40. The first-order valence-corrected chi connectivity index (χ1v) is 11.4. The van der Waals surface area contributed by atoms with E-state index in [2.05, 4.69) is 107 Å². The SMILES string of the molecule is COc1cc2c(cc1-c1ccc3c(c1)C(C)(C)c1ccccc1-3)C(C)(C)c1ccccc1-2. The largest absolute Gasteiger partial charge is 0.496 e. The Morgan fingerprint density at radius 2 is 1.03 bits per heavy atom. The number of benzene rings is 4. The number of rotatable bonds is 2. The molecule has 0 amide bonds. The number of hydrogen-bond acceptors (Lipinski definition) is 1. The number of fused-ring (bicyclic) bond motifs is 6. The molecule has 0 heterocycles. The topological polar surface area (TPSA) is 9.23 Å². The summed E-state index contributed by atoms with van der Waals surface area (Å²) in [4.78, 5) is 0. The summed E-state index contributed by atoms with van der Waals surface area (Å²) in [7, 11) is 1.78. The second-order valence-corrected chi connectivity index (χ2v) is 10.2. The molecule has 0 saturated heterocycles. The maximum atomic E-state index is 5.94. The van der Waals surface area contributed by atoms with Crippen molar-refractivity contribution < 1.29 is 4.74 Å². The first-order valence-electron chi connectivity index (χ1n) is 11.4. The molecule has 6 rings (SSSR count). The van der Waals surface area contributed by atoms with Crippen molar-refractivity contribution in [2.45, 2.75) is 38.5 Å². The molecule has 2 aliphatic carbocycles. The fourth-order valence-corrected chi connectivity index (χ4v) is 5.99. The van der Waals surface area contributed by atoms with E-state index in [0.29, 0.717) is 0 Å². The van der Waals surface area contributed by atoms with Crippen LogP contribution in [-0.4, -0.2) is 7.11 Å². The van der Waals surface area contributed by atoms with Crippen LogP contribution in [0.2, 0.25) is 0 Å². The molecule has 0 radical (unpaired) electrons. The van der Waals surface area contributed by atoms with E-state index in [1.807, 2.05) is 0 Å². The molecule has 1 nitrogen and oxygen atoms in total. The first kappa shape index (κ1) is 19.4. The van der Waals surface area contributed by atoms with Gasteiger partial charge in [-0.15, -0.1) is 0 Å². The summed E-state index contributed by atoms with van der Waals surface area (Å²) in [5.41, 5.74) is 13.2. The second kappa shape index (κ2) is 6.36. The quantitative estimate of drug-likeness (QED) is 0.322. The van der Waals surface area contributed by atoms with Gasteiger partial charge < -0.3 is 4.74 Å². The summed E-state index contributed by atoms with van der Waals surface area (Å²) >= 11 is 0. The van der Waals surface area contributed by atoms with Crippen molar-refractivity contribution in [1.82, 2.24) is 0 Å². The van der Waals surface area contributed by atoms with Gasteiger partial charge in [-0.25, -0.2) is 0 Å². The molecule has 2 aliphatic rings. The Hall–Kier alpha value is -3.32. The molecular weight excluding hydrogens is 388 g/mol. The van der Waals surface area contributed by atoms with Gasteiger partial charge in [-0.05, 0) is 68.3 Å². The van der Waals surface area contributed by atoms with Gasteiger partial charge >= 0.3 is 0 Å². The van der Waals surface area contributed by atoms with Crippen molar-refractivity contribution in [3.8, 4) is 39.1 Å². The van der Waals surface area contributed by atoms with Crippen LogP contribution in [0.4, 0.5) is 0 Å². The monoisotopic (exact) mass is 416 g/mol. The van der Waals surface area contributed by atoms with E-state index < -0.39 is 0 Å². The fraction of sp³-hybridized carbons (Fsp3) is 0.226. The molecule has 0 aliphatic heterocycles. The van der Waals surface area contributed by atoms with Crippen LogP contribution in [0.1, 0.15) is 49.9 Å². The number of hydrogen-bond donors (Lipinski definition) is 0. The lowest BCUT2D eigenvalue weighted by molar-refractivity contribution is 0.416.